The van der Waals surface area contributed by atoms with E-state index in [-0.39, 0.29) is 22.2 Å². The minimum Gasteiger partial charge on any atom is -0.475 e. The van der Waals surface area contributed by atoms with Gasteiger partial charge in [-0.2, -0.15) is 26.3 Å². The number of anilines is 1. The van der Waals surface area contributed by atoms with Gasteiger partial charge in [-0.05, 0) is 62.3 Å². The van der Waals surface area contributed by atoms with Crippen molar-refractivity contribution in [2.45, 2.75) is 55.9 Å². The van der Waals surface area contributed by atoms with Crippen LogP contribution in [0.1, 0.15) is 48.5 Å². The van der Waals surface area contributed by atoms with Gasteiger partial charge in [0.2, 0.25) is 10.0 Å². The van der Waals surface area contributed by atoms with Gasteiger partial charge in [-0.25, -0.2) is 17.9 Å². The maximum Gasteiger partial charge on any atom is 0.490 e. The summed E-state index contributed by atoms with van der Waals surface area (Å²) >= 11 is 0. The number of aliphatic carboxylic acids is 1. The molecule has 1 atom stereocenters. The van der Waals surface area contributed by atoms with Crippen LogP contribution in [-0.4, -0.2) is 62.2 Å². The summed E-state index contributed by atoms with van der Waals surface area (Å²) in [7, 11) is -3.85. The second kappa shape index (κ2) is 13.9. The highest BCUT2D eigenvalue weighted by Gasteiger charge is 2.38. The summed E-state index contributed by atoms with van der Waals surface area (Å²) in [5.41, 5.74) is -0.889. The van der Waals surface area contributed by atoms with Crippen molar-refractivity contribution in [2.24, 2.45) is 0 Å². The molecule has 1 aliphatic rings. The Morgan fingerprint density at radius 2 is 1.68 bits per heavy atom. The van der Waals surface area contributed by atoms with E-state index in [1.807, 2.05) is 0 Å². The number of carbonyl (C=O) groups excluding carboxylic acids is 1. The fourth-order valence-corrected chi connectivity index (χ4v) is 5.09. The lowest BCUT2D eigenvalue weighted by atomic mass is 10.1. The molecular formula is C25H29F6N3O5S. The molecule has 2 aromatic carbocycles. The number of unbranched alkanes of at least 4 members (excludes halogenated alkanes) is 2. The molecule has 0 aromatic heterocycles. The second-order valence-corrected chi connectivity index (χ2v) is 10.7. The van der Waals surface area contributed by atoms with E-state index in [0.717, 1.165) is 44.5 Å². The van der Waals surface area contributed by atoms with Crippen LogP contribution in [0.25, 0.3) is 0 Å². The van der Waals surface area contributed by atoms with Gasteiger partial charge in [0.05, 0.1) is 10.5 Å². The van der Waals surface area contributed by atoms with Crippen molar-refractivity contribution < 1.29 is 49.5 Å². The number of likely N-dealkylation sites (tertiary alicyclic amines) is 1. The summed E-state index contributed by atoms with van der Waals surface area (Å²) < 4.78 is 98.8. The Morgan fingerprint density at radius 1 is 1.02 bits per heavy atom. The second-order valence-electron chi connectivity index (χ2n) is 8.98. The Labute approximate surface area is 227 Å². The molecule has 1 unspecified atom stereocenters. The number of nitrogens with one attached hydrogen (secondary N) is 2. The number of hydrogen-bond donors (Lipinski definition) is 3. The van der Waals surface area contributed by atoms with E-state index in [1.54, 1.807) is 0 Å². The number of carbonyl (C=O) groups is 2. The molecule has 3 rings (SSSR count). The molecule has 3 N–H and O–H groups in total. The van der Waals surface area contributed by atoms with E-state index in [1.165, 1.54) is 36.4 Å². The molecule has 0 saturated carbocycles. The first kappa shape index (κ1) is 33.0. The van der Waals surface area contributed by atoms with E-state index in [4.69, 9.17) is 9.90 Å². The van der Waals surface area contributed by atoms with E-state index < -0.39 is 39.8 Å². The van der Waals surface area contributed by atoms with Crippen molar-refractivity contribution in [1.82, 2.24) is 9.62 Å². The van der Waals surface area contributed by atoms with Crippen LogP contribution in [0, 0.1) is 0 Å². The largest absolute Gasteiger partial charge is 0.490 e. The fraction of sp³-hybridized carbons (Fsp3) is 0.440. The number of benzene rings is 2. The topological polar surface area (TPSA) is 116 Å². The van der Waals surface area contributed by atoms with Gasteiger partial charge in [-0.15, -0.1) is 0 Å². The number of halogens is 6. The predicted molar refractivity (Wildman–Crippen MR) is 134 cm³/mol. The Kier molecular flexibility index (Phi) is 11.5. The molecule has 1 heterocycles. The minimum atomic E-state index is -5.08. The van der Waals surface area contributed by atoms with Gasteiger partial charge in [0.15, 0.2) is 0 Å². The molecule has 8 nitrogen and oxygen atoms in total. The van der Waals surface area contributed by atoms with Gasteiger partial charge in [0.1, 0.15) is 0 Å². The lowest BCUT2D eigenvalue weighted by Crippen LogP contribution is -2.37. The molecule has 1 saturated heterocycles. The van der Waals surface area contributed by atoms with Gasteiger partial charge < -0.3 is 15.3 Å². The van der Waals surface area contributed by atoms with Gasteiger partial charge >= 0.3 is 18.3 Å². The molecule has 0 radical (unpaired) electrons. The highest BCUT2D eigenvalue weighted by molar-refractivity contribution is 7.89. The summed E-state index contributed by atoms with van der Waals surface area (Å²) in [4.78, 5) is 23.6. The van der Waals surface area contributed by atoms with Crippen LogP contribution in [0.5, 0.6) is 0 Å². The van der Waals surface area contributed by atoms with Gasteiger partial charge in [0.25, 0.3) is 5.91 Å². The number of amides is 1. The quantitative estimate of drug-likeness (QED) is 0.273. The normalized spacial score (nSPS) is 16.2. The van der Waals surface area contributed by atoms with Crippen molar-refractivity contribution in [3.05, 3.63) is 59.7 Å². The van der Waals surface area contributed by atoms with Crippen LogP contribution in [0.2, 0.25) is 0 Å². The third-order valence-electron chi connectivity index (χ3n) is 5.77. The fourth-order valence-electron chi connectivity index (χ4n) is 3.79. The molecule has 0 aliphatic carbocycles. The average Bonchev–Trinajstić information content (AvgIpc) is 3.30. The molecule has 0 spiro atoms. The summed E-state index contributed by atoms with van der Waals surface area (Å²) in [6, 6.07) is 9.50. The third-order valence-corrected chi connectivity index (χ3v) is 7.29. The van der Waals surface area contributed by atoms with Crippen molar-refractivity contribution in [3.8, 4) is 0 Å². The van der Waals surface area contributed by atoms with Crippen LogP contribution < -0.4 is 10.0 Å². The third kappa shape index (κ3) is 10.4. The summed E-state index contributed by atoms with van der Waals surface area (Å²) in [5.74, 6) is -3.46. The number of hydrogen-bond acceptors (Lipinski definition) is 5. The Morgan fingerprint density at radius 3 is 2.27 bits per heavy atom. The van der Waals surface area contributed by atoms with E-state index in [9.17, 15) is 39.6 Å². The van der Waals surface area contributed by atoms with Crippen molar-refractivity contribution >= 4 is 27.6 Å². The zero-order valence-corrected chi connectivity index (χ0v) is 22.2. The average molecular weight is 598 g/mol. The van der Waals surface area contributed by atoms with Crippen LogP contribution in [0.15, 0.2) is 53.4 Å². The van der Waals surface area contributed by atoms with E-state index in [2.05, 4.69) is 21.9 Å². The van der Waals surface area contributed by atoms with Crippen molar-refractivity contribution in [3.63, 3.8) is 0 Å². The molecule has 40 heavy (non-hydrogen) atoms. The standard InChI is InChI=1S/C23H28F3N3O3S.C2HF3O2/c1-2-3-4-12-29-13-11-20(16-29)28-33(31,32)21-10-5-7-17(14-21)22(30)27-19-9-6-8-18(15-19)23(24,25)26;3-2(4,5)1(6)7/h5-10,14-15,20,28H,2-4,11-13,16H2,1H3,(H,27,30);(H,6,7). The summed E-state index contributed by atoms with van der Waals surface area (Å²) in [5, 5.41) is 9.52. The monoisotopic (exact) mass is 597 g/mol. The molecule has 1 aliphatic heterocycles. The maximum atomic E-state index is 12.9. The zero-order valence-electron chi connectivity index (χ0n) is 21.3. The lowest BCUT2D eigenvalue weighted by molar-refractivity contribution is -0.192. The molecule has 15 heteroatoms. The predicted octanol–water partition coefficient (Wildman–Crippen LogP) is 5.13. The zero-order chi connectivity index (χ0) is 30.1. The molecule has 2 aromatic rings. The number of nitrogens with zero attached hydrogens (tertiary/aromatic N) is 1. The number of carboxylic acids is 1. The van der Waals surface area contributed by atoms with Gasteiger partial charge in [-0.1, -0.05) is 31.9 Å². The highest BCUT2D eigenvalue weighted by atomic mass is 32.2. The van der Waals surface area contributed by atoms with E-state index >= 15 is 0 Å². The SMILES string of the molecule is CCCCCN1CCC(NS(=O)(=O)c2cccc(C(=O)Nc3cccc(C(F)(F)F)c3)c2)C1.O=C(O)C(F)(F)F. The van der Waals surface area contributed by atoms with Gasteiger partial charge in [0, 0.05) is 23.8 Å². The Hall–Kier alpha value is -3.17. The maximum absolute atomic E-state index is 12.9. The Bertz CT molecular complexity index is 1270. The number of carboxylic acid groups (broad SMARTS) is 1. The summed E-state index contributed by atoms with van der Waals surface area (Å²) in [6.45, 7) is 4.54. The summed E-state index contributed by atoms with van der Waals surface area (Å²) in [6.07, 6.45) is -5.56. The molecule has 0 bridgehead atoms. The first-order valence-corrected chi connectivity index (χ1v) is 13.6. The minimum absolute atomic E-state index is 0.0305. The smallest absolute Gasteiger partial charge is 0.475 e. The van der Waals surface area contributed by atoms with Crippen LogP contribution >= 0.6 is 0 Å². The first-order chi connectivity index (χ1) is 18.5. The van der Waals surface area contributed by atoms with Crippen molar-refractivity contribution in [2.75, 3.05) is 25.0 Å². The van der Waals surface area contributed by atoms with Crippen LogP contribution in [0.4, 0.5) is 32.0 Å². The van der Waals surface area contributed by atoms with Crippen molar-refractivity contribution in [1.29, 1.82) is 0 Å². The van der Waals surface area contributed by atoms with E-state index in [0.29, 0.717) is 13.0 Å². The lowest BCUT2D eigenvalue weighted by Gasteiger charge is -2.17. The van der Waals surface area contributed by atoms with Crippen LogP contribution in [-0.2, 0) is 21.0 Å². The molecular weight excluding hydrogens is 568 g/mol. The highest BCUT2D eigenvalue weighted by Crippen LogP contribution is 2.30. The first-order valence-electron chi connectivity index (χ1n) is 12.2. The number of sulfonamides is 1. The number of rotatable bonds is 9. The molecule has 1 amide bonds. The van der Waals surface area contributed by atoms with Gasteiger partial charge in [-0.3, -0.25) is 4.79 Å². The molecule has 1 fully saturated rings. The Balaban J connectivity index is 0.000000708. The number of alkyl halides is 6. The molecule has 222 valence electrons. The van der Waals surface area contributed by atoms with Crippen LogP contribution in [0.3, 0.4) is 0 Å².